The van der Waals surface area contributed by atoms with Crippen LogP contribution in [0.3, 0.4) is 0 Å². The minimum absolute atomic E-state index is 0.0979. The zero-order valence-corrected chi connectivity index (χ0v) is 12.3. The Morgan fingerprint density at radius 3 is 2.47 bits per heavy atom. The molecule has 0 heterocycles. The molecule has 0 fully saturated rings. The normalized spacial score (nSPS) is 12.6. The van der Waals surface area contributed by atoms with Gasteiger partial charge in [-0.25, -0.2) is 0 Å². The molecule has 19 heavy (non-hydrogen) atoms. The van der Waals surface area contributed by atoms with Crippen molar-refractivity contribution in [2.75, 3.05) is 19.6 Å². The molecule has 1 atom stereocenters. The lowest BCUT2D eigenvalue weighted by Crippen LogP contribution is -2.28. The van der Waals surface area contributed by atoms with Gasteiger partial charge in [0, 0.05) is 18.7 Å². The van der Waals surface area contributed by atoms with Crippen LogP contribution in [0.1, 0.15) is 37.6 Å². The second kappa shape index (κ2) is 8.12. The van der Waals surface area contributed by atoms with Gasteiger partial charge in [-0.3, -0.25) is 10.1 Å². The summed E-state index contributed by atoms with van der Waals surface area (Å²) in [7, 11) is 0. The van der Waals surface area contributed by atoms with Gasteiger partial charge in [0.05, 0.1) is 10.3 Å². The molecular formula is C14H21ClN2O2. The predicted molar refractivity (Wildman–Crippen MR) is 78.7 cm³/mol. The van der Waals surface area contributed by atoms with Crippen LogP contribution < -0.4 is 0 Å². The van der Waals surface area contributed by atoms with Gasteiger partial charge in [-0.1, -0.05) is 26.0 Å². The van der Waals surface area contributed by atoms with Crippen molar-refractivity contribution in [1.82, 2.24) is 4.90 Å². The van der Waals surface area contributed by atoms with E-state index in [1.165, 1.54) is 6.07 Å². The Labute approximate surface area is 119 Å². The summed E-state index contributed by atoms with van der Waals surface area (Å²) in [5.41, 5.74) is 0.911. The number of halogens is 1. The summed E-state index contributed by atoms with van der Waals surface area (Å²) in [5.74, 6) is 0. The summed E-state index contributed by atoms with van der Waals surface area (Å²) in [5, 5.41) is 10.5. The third-order valence-electron chi connectivity index (χ3n) is 2.94. The maximum Gasteiger partial charge on any atom is 0.269 e. The average Bonchev–Trinajstić information content (AvgIpc) is 2.39. The van der Waals surface area contributed by atoms with Crippen molar-refractivity contribution < 1.29 is 4.92 Å². The molecule has 0 saturated carbocycles. The first-order valence-electron chi connectivity index (χ1n) is 6.69. The van der Waals surface area contributed by atoms with Crippen LogP contribution in [0.25, 0.3) is 0 Å². The van der Waals surface area contributed by atoms with Crippen molar-refractivity contribution in [3.8, 4) is 0 Å². The second-order valence-corrected chi connectivity index (χ2v) is 5.15. The number of benzene rings is 1. The molecule has 5 heteroatoms. The zero-order chi connectivity index (χ0) is 14.3. The van der Waals surface area contributed by atoms with E-state index in [-0.39, 0.29) is 16.0 Å². The number of non-ortho nitro benzene ring substituents is 1. The topological polar surface area (TPSA) is 46.4 Å². The Hall–Kier alpha value is -1.13. The van der Waals surface area contributed by atoms with Crippen LogP contribution in [-0.4, -0.2) is 29.5 Å². The summed E-state index contributed by atoms with van der Waals surface area (Å²) in [4.78, 5) is 12.7. The fourth-order valence-corrected chi connectivity index (χ4v) is 2.42. The van der Waals surface area contributed by atoms with Crippen LogP contribution in [0.4, 0.5) is 5.69 Å². The van der Waals surface area contributed by atoms with E-state index in [0.29, 0.717) is 0 Å². The molecule has 0 N–H and O–H groups in total. The third kappa shape index (κ3) is 5.17. The van der Waals surface area contributed by atoms with Gasteiger partial charge in [0.15, 0.2) is 0 Å². The minimum Gasteiger partial charge on any atom is -0.302 e. The molecule has 0 aliphatic carbocycles. The lowest BCUT2D eigenvalue weighted by Gasteiger charge is -2.23. The van der Waals surface area contributed by atoms with Gasteiger partial charge in [-0.05, 0) is 31.5 Å². The Bertz CT molecular complexity index is 406. The summed E-state index contributed by atoms with van der Waals surface area (Å²) in [6.07, 6.45) is 2.16. The Balaban J connectivity index is 2.72. The van der Waals surface area contributed by atoms with Crippen molar-refractivity contribution in [3.05, 3.63) is 39.9 Å². The van der Waals surface area contributed by atoms with Gasteiger partial charge >= 0.3 is 0 Å². The zero-order valence-electron chi connectivity index (χ0n) is 11.5. The lowest BCUT2D eigenvalue weighted by molar-refractivity contribution is -0.384. The van der Waals surface area contributed by atoms with E-state index in [1.54, 1.807) is 12.1 Å². The molecule has 106 valence electrons. The molecule has 4 nitrogen and oxygen atoms in total. The van der Waals surface area contributed by atoms with E-state index in [2.05, 4.69) is 18.7 Å². The fourth-order valence-electron chi connectivity index (χ4n) is 2.09. The van der Waals surface area contributed by atoms with E-state index < -0.39 is 0 Å². The molecule has 0 amide bonds. The molecular weight excluding hydrogens is 264 g/mol. The number of hydrogen-bond donors (Lipinski definition) is 0. The molecule has 0 bridgehead atoms. The van der Waals surface area contributed by atoms with Crippen LogP contribution >= 0.6 is 11.6 Å². The Morgan fingerprint density at radius 2 is 1.95 bits per heavy atom. The van der Waals surface area contributed by atoms with E-state index in [0.717, 1.165) is 38.0 Å². The minimum atomic E-state index is -0.386. The van der Waals surface area contributed by atoms with Gasteiger partial charge in [0.1, 0.15) is 0 Å². The highest BCUT2D eigenvalue weighted by molar-refractivity contribution is 6.21. The first kappa shape index (κ1) is 15.9. The van der Waals surface area contributed by atoms with Crippen molar-refractivity contribution in [1.29, 1.82) is 0 Å². The molecule has 0 aromatic heterocycles. The monoisotopic (exact) mass is 284 g/mol. The summed E-state index contributed by atoms with van der Waals surface area (Å²) >= 11 is 6.38. The number of nitrogens with zero attached hydrogens (tertiary/aromatic N) is 2. The molecule has 0 saturated heterocycles. The standard InChI is InChI=1S/C14H21ClN2O2/c1-3-8-16(9-4-2)11-14(15)12-6-5-7-13(10-12)17(18)19/h5-7,10,14H,3-4,8-9,11H2,1-2H3. The molecule has 0 spiro atoms. The highest BCUT2D eigenvalue weighted by Crippen LogP contribution is 2.25. The van der Waals surface area contributed by atoms with Gasteiger partial charge in [0.2, 0.25) is 0 Å². The maximum absolute atomic E-state index is 10.8. The van der Waals surface area contributed by atoms with Crippen LogP contribution in [0.5, 0.6) is 0 Å². The number of hydrogen-bond acceptors (Lipinski definition) is 3. The molecule has 1 rings (SSSR count). The summed E-state index contributed by atoms with van der Waals surface area (Å²) < 4.78 is 0. The molecule has 0 radical (unpaired) electrons. The van der Waals surface area contributed by atoms with Crippen molar-refractivity contribution in [2.24, 2.45) is 0 Å². The first-order chi connectivity index (χ1) is 9.08. The first-order valence-corrected chi connectivity index (χ1v) is 7.12. The van der Waals surface area contributed by atoms with Gasteiger partial charge in [0.25, 0.3) is 5.69 Å². The van der Waals surface area contributed by atoms with E-state index in [9.17, 15) is 10.1 Å². The van der Waals surface area contributed by atoms with Crippen molar-refractivity contribution in [2.45, 2.75) is 32.1 Å². The van der Waals surface area contributed by atoms with E-state index in [1.807, 2.05) is 6.07 Å². The van der Waals surface area contributed by atoms with Crippen LogP contribution in [0, 0.1) is 10.1 Å². The highest BCUT2D eigenvalue weighted by atomic mass is 35.5. The van der Waals surface area contributed by atoms with Crippen molar-refractivity contribution >= 4 is 17.3 Å². The van der Waals surface area contributed by atoms with E-state index >= 15 is 0 Å². The Morgan fingerprint density at radius 1 is 1.32 bits per heavy atom. The molecule has 0 aliphatic heterocycles. The smallest absolute Gasteiger partial charge is 0.269 e. The van der Waals surface area contributed by atoms with Gasteiger partial charge in [-0.2, -0.15) is 0 Å². The van der Waals surface area contributed by atoms with Gasteiger partial charge in [-0.15, -0.1) is 11.6 Å². The largest absolute Gasteiger partial charge is 0.302 e. The quantitative estimate of drug-likeness (QED) is 0.412. The number of alkyl halides is 1. The molecule has 1 aromatic rings. The number of rotatable bonds is 8. The van der Waals surface area contributed by atoms with Crippen LogP contribution in [-0.2, 0) is 0 Å². The molecule has 0 aliphatic rings. The number of nitro benzene ring substituents is 1. The SMILES string of the molecule is CCCN(CCC)CC(Cl)c1cccc([N+](=O)[O-])c1. The maximum atomic E-state index is 10.8. The Kier molecular flexibility index (Phi) is 6.81. The van der Waals surface area contributed by atoms with Crippen LogP contribution in [0.2, 0.25) is 0 Å². The lowest BCUT2D eigenvalue weighted by atomic mass is 10.1. The highest BCUT2D eigenvalue weighted by Gasteiger charge is 2.15. The van der Waals surface area contributed by atoms with Crippen molar-refractivity contribution in [3.63, 3.8) is 0 Å². The van der Waals surface area contributed by atoms with E-state index in [4.69, 9.17) is 11.6 Å². The van der Waals surface area contributed by atoms with Gasteiger partial charge < -0.3 is 4.90 Å². The predicted octanol–water partition coefficient (Wildman–Crippen LogP) is 4.00. The molecule has 1 aromatic carbocycles. The fraction of sp³-hybridized carbons (Fsp3) is 0.571. The molecule has 1 unspecified atom stereocenters. The summed E-state index contributed by atoms with van der Waals surface area (Å²) in [6.45, 7) is 7.01. The summed E-state index contributed by atoms with van der Waals surface area (Å²) in [6, 6.07) is 6.59. The second-order valence-electron chi connectivity index (χ2n) is 4.62. The van der Waals surface area contributed by atoms with Crippen LogP contribution in [0.15, 0.2) is 24.3 Å². The number of nitro groups is 1. The third-order valence-corrected chi connectivity index (χ3v) is 3.33. The average molecular weight is 285 g/mol.